The van der Waals surface area contributed by atoms with Crippen LogP contribution in [0.25, 0.3) is 0 Å². The van der Waals surface area contributed by atoms with Crippen molar-refractivity contribution in [2.45, 2.75) is 16.3 Å². The number of aryl methyl sites for hydroxylation is 1. The average molecular weight is 409 g/mol. The van der Waals surface area contributed by atoms with E-state index in [1.807, 2.05) is 0 Å². The van der Waals surface area contributed by atoms with Crippen molar-refractivity contribution < 1.29 is 17.4 Å². The molecule has 11 heteroatoms. The van der Waals surface area contributed by atoms with Crippen LogP contribution in [-0.2, 0) is 29.8 Å². The summed E-state index contributed by atoms with van der Waals surface area (Å²) in [6.45, 7) is 0. The second-order valence-corrected chi connectivity index (χ2v) is 8.05. The summed E-state index contributed by atoms with van der Waals surface area (Å²) in [6, 6.07) is 0. The van der Waals surface area contributed by atoms with E-state index >= 15 is 0 Å². The van der Waals surface area contributed by atoms with Crippen molar-refractivity contribution in [3.05, 3.63) is 26.4 Å². The predicted octanol–water partition coefficient (Wildman–Crippen LogP) is 3.62. The van der Waals surface area contributed by atoms with Crippen molar-refractivity contribution in [1.29, 1.82) is 0 Å². The number of hydrogen-bond donors (Lipinski definition) is 0. The first-order chi connectivity index (χ1) is 9.20. The Morgan fingerprint density at radius 1 is 1.55 bits per heavy atom. The van der Waals surface area contributed by atoms with Crippen molar-refractivity contribution in [2.24, 2.45) is 7.05 Å². The van der Waals surface area contributed by atoms with Crippen LogP contribution in [-0.4, -0.2) is 19.0 Å². The molecule has 0 N–H and O–H groups in total. The molecular weight excluding hydrogens is 403 g/mol. The van der Waals surface area contributed by atoms with E-state index in [-0.39, 0.29) is 20.8 Å². The van der Waals surface area contributed by atoms with Crippen molar-refractivity contribution in [2.75, 3.05) is 0 Å². The highest BCUT2D eigenvalue weighted by atomic mass is 79.9. The summed E-state index contributed by atoms with van der Waals surface area (Å²) in [6.07, 6.45) is -3.21. The summed E-state index contributed by atoms with van der Waals surface area (Å²) >= 11 is 10.0. The SMILES string of the molecule is Cn1nc(C(F)(F)F)c(CS(=O)c2ncc(Br)s2)c1Cl. The van der Waals surface area contributed by atoms with Gasteiger partial charge in [-0.1, -0.05) is 22.9 Å². The fourth-order valence-electron chi connectivity index (χ4n) is 1.44. The first kappa shape index (κ1) is 15.9. The van der Waals surface area contributed by atoms with E-state index in [9.17, 15) is 17.4 Å². The molecule has 0 aliphatic carbocycles. The molecule has 0 radical (unpaired) electrons. The number of halogens is 5. The van der Waals surface area contributed by atoms with E-state index in [2.05, 4.69) is 26.0 Å². The Kier molecular flexibility index (Phi) is 4.57. The lowest BCUT2D eigenvalue weighted by Gasteiger charge is -2.05. The first-order valence-electron chi connectivity index (χ1n) is 4.98. The lowest BCUT2D eigenvalue weighted by molar-refractivity contribution is -0.141. The van der Waals surface area contributed by atoms with Gasteiger partial charge in [-0.05, 0) is 15.9 Å². The number of rotatable bonds is 3. The molecule has 0 saturated carbocycles. The molecule has 4 nitrogen and oxygen atoms in total. The van der Waals surface area contributed by atoms with Crippen LogP contribution in [0.3, 0.4) is 0 Å². The number of nitrogens with zero attached hydrogens (tertiary/aromatic N) is 3. The van der Waals surface area contributed by atoms with Gasteiger partial charge >= 0.3 is 6.18 Å². The zero-order chi connectivity index (χ0) is 15.1. The number of hydrogen-bond acceptors (Lipinski definition) is 4. The van der Waals surface area contributed by atoms with Crippen molar-refractivity contribution in [1.82, 2.24) is 14.8 Å². The summed E-state index contributed by atoms with van der Waals surface area (Å²) in [5.74, 6) is -0.387. The Morgan fingerprint density at radius 2 is 2.20 bits per heavy atom. The van der Waals surface area contributed by atoms with Crippen LogP contribution in [0.4, 0.5) is 13.2 Å². The minimum absolute atomic E-state index is 0.179. The Labute approximate surface area is 131 Å². The van der Waals surface area contributed by atoms with Gasteiger partial charge in [0, 0.05) is 12.6 Å². The van der Waals surface area contributed by atoms with E-state index in [0.29, 0.717) is 3.79 Å². The molecule has 1 atom stereocenters. The molecule has 0 aliphatic heterocycles. The highest BCUT2D eigenvalue weighted by molar-refractivity contribution is 9.11. The van der Waals surface area contributed by atoms with E-state index in [1.54, 1.807) is 0 Å². The number of aromatic nitrogens is 3. The summed E-state index contributed by atoms with van der Waals surface area (Å²) in [5.41, 5.74) is -1.40. The van der Waals surface area contributed by atoms with Crippen molar-refractivity contribution in [3.63, 3.8) is 0 Å². The third-order valence-electron chi connectivity index (χ3n) is 2.26. The molecule has 0 spiro atoms. The highest BCUT2D eigenvalue weighted by Gasteiger charge is 2.39. The van der Waals surface area contributed by atoms with Gasteiger partial charge in [0.25, 0.3) is 0 Å². The molecule has 2 heterocycles. The Bertz CT molecular complexity index is 670. The normalized spacial score (nSPS) is 13.7. The smallest absolute Gasteiger partial charge is 0.256 e. The lowest BCUT2D eigenvalue weighted by atomic mass is 10.3. The van der Waals surface area contributed by atoms with Gasteiger partial charge in [0.2, 0.25) is 0 Å². The Morgan fingerprint density at radius 3 is 2.70 bits per heavy atom. The van der Waals surface area contributed by atoms with Gasteiger partial charge in [-0.3, -0.25) is 8.89 Å². The second kappa shape index (κ2) is 5.74. The monoisotopic (exact) mass is 407 g/mol. The van der Waals surface area contributed by atoms with Crippen LogP contribution in [0, 0.1) is 0 Å². The summed E-state index contributed by atoms with van der Waals surface area (Å²) < 4.78 is 52.4. The van der Waals surface area contributed by atoms with Crippen LogP contribution in [0.15, 0.2) is 14.3 Å². The molecule has 2 aromatic heterocycles. The van der Waals surface area contributed by atoms with Crippen LogP contribution in [0.5, 0.6) is 0 Å². The van der Waals surface area contributed by atoms with E-state index in [4.69, 9.17) is 11.6 Å². The van der Waals surface area contributed by atoms with Crippen LogP contribution in [0.2, 0.25) is 5.15 Å². The van der Waals surface area contributed by atoms with Gasteiger partial charge in [0.1, 0.15) is 5.15 Å². The van der Waals surface area contributed by atoms with Gasteiger partial charge in [-0.25, -0.2) is 4.98 Å². The van der Waals surface area contributed by atoms with Gasteiger partial charge in [0.05, 0.1) is 26.5 Å². The maximum Gasteiger partial charge on any atom is 0.435 e. The highest BCUT2D eigenvalue weighted by Crippen LogP contribution is 2.35. The number of alkyl halides is 3. The maximum absolute atomic E-state index is 12.8. The fraction of sp³-hybridized carbons (Fsp3) is 0.333. The Balaban J connectivity index is 2.36. The summed E-state index contributed by atoms with van der Waals surface area (Å²) in [5, 5.41) is 3.15. The molecule has 0 bridgehead atoms. The molecule has 2 aromatic rings. The van der Waals surface area contributed by atoms with Crippen LogP contribution < -0.4 is 0 Å². The third-order valence-corrected chi connectivity index (χ3v) is 5.86. The Hall–Kier alpha value is -0.450. The van der Waals surface area contributed by atoms with Gasteiger partial charge in [-0.2, -0.15) is 18.3 Å². The van der Waals surface area contributed by atoms with E-state index < -0.39 is 22.7 Å². The molecule has 110 valence electrons. The average Bonchev–Trinajstić information content (AvgIpc) is 2.87. The summed E-state index contributed by atoms with van der Waals surface area (Å²) in [7, 11) is -0.420. The zero-order valence-corrected chi connectivity index (χ0v) is 13.7. The standard InChI is InChI=1S/C9H6BrClF3N3OS2/c1-17-7(11)4(6(16-17)9(12,13)14)3-20(18)8-15-2-5(10)19-8/h2H,3H2,1H3. The molecule has 0 aliphatic rings. The minimum Gasteiger partial charge on any atom is -0.256 e. The molecule has 0 aromatic carbocycles. The van der Waals surface area contributed by atoms with E-state index in [0.717, 1.165) is 16.0 Å². The molecule has 0 saturated heterocycles. The lowest BCUT2D eigenvalue weighted by Crippen LogP contribution is -2.10. The van der Waals surface area contributed by atoms with Crippen molar-refractivity contribution in [3.8, 4) is 0 Å². The molecule has 20 heavy (non-hydrogen) atoms. The zero-order valence-electron chi connectivity index (χ0n) is 9.74. The third kappa shape index (κ3) is 3.23. The molecular formula is C9H6BrClF3N3OS2. The molecule has 0 fully saturated rings. The molecule has 2 rings (SSSR count). The molecule has 1 unspecified atom stereocenters. The van der Waals surface area contributed by atoms with Gasteiger partial charge < -0.3 is 0 Å². The van der Waals surface area contributed by atoms with Gasteiger partial charge in [-0.15, -0.1) is 0 Å². The van der Waals surface area contributed by atoms with Crippen LogP contribution >= 0.6 is 38.9 Å². The van der Waals surface area contributed by atoms with Crippen molar-refractivity contribution >= 4 is 49.7 Å². The first-order valence-corrected chi connectivity index (χ1v) is 8.29. The molecule has 0 amide bonds. The summed E-state index contributed by atoms with van der Waals surface area (Å²) in [4.78, 5) is 3.86. The largest absolute Gasteiger partial charge is 0.435 e. The minimum atomic E-state index is -4.64. The topological polar surface area (TPSA) is 47.8 Å². The quantitative estimate of drug-likeness (QED) is 0.779. The second-order valence-electron chi connectivity index (χ2n) is 3.66. The fourth-order valence-corrected chi connectivity index (χ4v) is 4.62. The van der Waals surface area contributed by atoms with E-state index in [1.165, 1.54) is 13.2 Å². The van der Waals surface area contributed by atoms with Crippen LogP contribution in [0.1, 0.15) is 11.3 Å². The maximum atomic E-state index is 12.8. The van der Waals surface area contributed by atoms with Gasteiger partial charge in [0.15, 0.2) is 10.0 Å². The predicted molar refractivity (Wildman–Crippen MR) is 73.1 cm³/mol. The number of thiazole rings is 1.